The van der Waals surface area contributed by atoms with Crippen LogP contribution in [0.3, 0.4) is 0 Å². The number of halogens is 2. The highest BCUT2D eigenvalue weighted by molar-refractivity contribution is 8.06. The molecule has 2 unspecified atom stereocenters. The van der Waals surface area contributed by atoms with Crippen molar-refractivity contribution in [3.05, 3.63) is 59.7 Å². The van der Waals surface area contributed by atoms with Crippen LogP contribution in [0.25, 0.3) is 0 Å². The number of hydrogen-bond donors (Lipinski definition) is 1. The summed E-state index contributed by atoms with van der Waals surface area (Å²) in [6.45, 7) is 2.36. The Kier molecular flexibility index (Phi) is 7.22. The topological polar surface area (TPSA) is 48.3 Å². The van der Waals surface area contributed by atoms with Crippen molar-refractivity contribution in [3.63, 3.8) is 0 Å². The highest BCUT2D eigenvalue weighted by Gasteiger charge is 2.35. The molecule has 4 rings (SSSR count). The zero-order valence-electron chi connectivity index (χ0n) is 17.6. The summed E-state index contributed by atoms with van der Waals surface area (Å²) in [5.41, 5.74) is 4.48. The van der Waals surface area contributed by atoms with Crippen LogP contribution in [-0.2, 0) is 16.8 Å². The van der Waals surface area contributed by atoms with Crippen LogP contribution < -0.4 is 4.74 Å². The molecule has 0 saturated carbocycles. The Morgan fingerprint density at radius 1 is 1.19 bits per heavy atom. The molecule has 2 aliphatic heterocycles. The fraction of sp³-hybridized carbons (Fsp3) is 0.435. The Hall–Kier alpha value is -2.00. The molecular weight excluding hydrogens is 420 g/mol. The zero-order chi connectivity index (χ0) is 21.8. The van der Waals surface area contributed by atoms with E-state index < -0.39 is 17.7 Å². The first-order chi connectivity index (χ1) is 15.0. The lowest BCUT2D eigenvalue weighted by Gasteiger charge is -2.35. The van der Waals surface area contributed by atoms with Gasteiger partial charge in [0.05, 0.1) is 11.7 Å². The number of para-hydroxylation sites is 1. The number of nitrogens with zero attached hydrogens (tertiary/aromatic N) is 3. The molecule has 0 spiro atoms. The lowest BCUT2D eigenvalue weighted by atomic mass is 10.1. The summed E-state index contributed by atoms with van der Waals surface area (Å²) < 4.78 is 34.1. The Morgan fingerprint density at radius 3 is 2.74 bits per heavy atom. The van der Waals surface area contributed by atoms with E-state index in [0.29, 0.717) is 12.6 Å². The predicted octanol–water partition coefficient (Wildman–Crippen LogP) is 3.51. The van der Waals surface area contributed by atoms with Crippen molar-refractivity contribution in [3.8, 4) is 5.75 Å². The standard InChI is InChI=1S/C23H28F2N3O2S/c1-27(31-15-17-4-2-3-5-23(17)26-16-31)18-8-10-28(11-9-18)13-19(29)14-30-20-6-7-21(24)22(25)12-20/h2-7,12,16,18-19,29H,8-11,13-15H2,1H3/q+1. The number of aliphatic hydroxyl groups excluding tert-OH is 1. The first-order valence-electron chi connectivity index (χ1n) is 10.5. The molecule has 2 aromatic rings. The van der Waals surface area contributed by atoms with Gasteiger partial charge in [0.1, 0.15) is 29.5 Å². The average Bonchev–Trinajstić information content (AvgIpc) is 2.79. The van der Waals surface area contributed by atoms with E-state index in [2.05, 4.69) is 45.0 Å². The van der Waals surface area contributed by atoms with Crippen LogP contribution >= 0.6 is 0 Å². The summed E-state index contributed by atoms with van der Waals surface area (Å²) in [5, 5.41) is 10.3. The van der Waals surface area contributed by atoms with Gasteiger partial charge in [-0.05, 0) is 44.1 Å². The SMILES string of the molecule is CN(C1CCN(CC(O)COc2ccc(F)c(F)c2)CC1)[S+]1C=Nc2ccccc2C1. The number of likely N-dealkylation sites (tertiary alicyclic amines) is 1. The maximum atomic E-state index is 13.2. The van der Waals surface area contributed by atoms with Crippen molar-refractivity contribution in [1.82, 2.24) is 9.21 Å². The molecule has 1 N–H and O–H groups in total. The number of rotatable bonds is 7. The summed E-state index contributed by atoms with van der Waals surface area (Å²) >= 11 is -0.00183. The molecule has 0 bridgehead atoms. The fourth-order valence-electron chi connectivity index (χ4n) is 4.02. The van der Waals surface area contributed by atoms with E-state index in [4.69, 9.17) is 4.74 Å². The van der Waals surface area contributed by atoms with Crippen molar-refractivity contribution < 1.29 is 18.6 Å². The molecule has 0 amide bonds. The number of aliphatic hydroxyl groups is 1. The molecule has 1 saturated heterocycles. The maximum absolute atomic E-state index is 13.2. The van der Waals surface area contributed by atoms with Crippen LogP contribution in [0.15, 0.2) is 47.5 Å². The number of ether oxygens (including phenoxy) is 1. The molecule has 0 aliphatic carbocycles. The number of aliphatic imine (C=N–C) groups is 1. The Morgan fingerprint density at radius 2 is 1.97 bits per heavy atom. The third kappa shape index (κ3) is 5.63. The Bertz CT molecular complexity index is 921. The van der Waals surface area contributed by atoms with Gasteiger partial charge >= 0.3 is 0 Å². The van der Waals surface area contributed by atoms with E-state index in [1.54, 1.807) is 0 Å². The van der Waals surface area contributed by atoms with E-state index in [-0.39, 0.29) is 23.4 Å². The van der Waals surface area contributed by atoms with Crippen LogP contribution in [0.2, 0.25) is 0 Å². The van der Waals surface area contributed by atoms with E-state index >= 15 is 0 Å². The monoisotopic (exact) mass is 448 g/mol. The van der Waals surface area contributed by atoms with Crippen molar-refractivity contribution in [2.45, 2.75) is 30.7 Å². The third-order valence-electron chi connectivity index (χ3n) is 5.85. The second-order valence-corrected chi connectivity index (χ2v) is 9.91. The first kappa shape index (κ1) is 22.2. The molecule has 31 heavy (non-hydrogen) atoms. The summed E-state index contributed by atoms with van der Waals surface area (Å²) in [5.74, 6) is -0.637. The van der Waals surface area contributed by atoms with Gasteiger partial charge in [0.25, 0.3) is 0 Å². The van der Waals surface area contributed by atoms with Gasteiger partial charge in [0.15, 0.2) is 17.4 Å². The molecule has 0 radical (unpaired) electrons. The van der Waals surface area contributed by atoms with Gasteiger partial charge in [0, 0.05) is 25.2 Å². The normalized spacial score (nSPS) is 20.6. The molecule has 2 heterocycles. The van der Waals surface area contributed by atoms with E-state index in [9.17, 15) is 13.9 Å². The molecule has 166 valence electrons. The Balaban J connectivity index is 1.21. The zero-order valence-corrected chi connectivity index (χ0v) is 18.4. The largest absolute Gasteiger partial charge is 0.491 e. The quantitative estimate of drug-likeness (QED) is 0.659. The van der Waals surface area contributed by atoms with Crippen molar-refractivity contribution in [2.75, 3.05) is 33.3 Å². The minimum absolute atomic E-state index is 0.00183. The number of hydrogen-bond acceptors (Lipinski definition) is 5. The summed E-state index contributed by atoms with van der Waals surface area (Å²) in [7, 11) is 2.19. The average molecular weight is 449 g/mol. The van der Waals surface area contributed by atoms with Crippen molar-refractivity contribution in [1.29, 1.82) is 0 Å². The second-order valence-electron chi connectivity index (χ2n) is 8.03. The van der Waals surface area contributed by atoms with Crippen LogP contribution in [0.4, 0.5) is 14.5 Å². The van der Waals surface area contributed by atoms with Gasteiger partial charge < -0.3 is 14.7 Å². The molecule has 2 aliphatic rings. The number of fused-ring (bicyclic) bond motifs is 1. The van der Waals surface area contributed by atoms with Gasteiger partial charge in [-0.1, -0.05) is 18.2 Å². The number of β-amino-alcohol motifs (C(OH)–C–C–N with tert-alkyl or cyclic N) is 1. The van der Waals surface area contributed by atoms with Crippen LogP contribution in [0.1, 0.15) is 18.4 Å². The molecule has 5 nitrogen and oxygen atoms in total. The van der Waals surface area contributed by atoms with Gasteiger partial charge in [-0.3, -0.25) is 0 Å². The van der Waals surface area contributed by atoms with Crippen LogP contribution in [0, 0.1) is 11.6 Å². The highest BCUT2D eigenvalue weighted by atomic mass is 32.2. The van der Waals surface area contributed by atoms with Crippen molar-refractivity contribution >= 4 is 22.3 Å². The number of benzene rings is 2. The highest BCUT2D eigenvalue weighted by Crippen LogP contribution is 2.29. The van der Waals surface area contributed by atoms with Gasteiger partial charge in [-0.15, -0.1) is 4.31 Å². The summed E-state index contributed by atoms with van der Waals surface area (Å²) in [6.07, 6.45) is 1.38. The lowest BCUT2D eigenvalue weighted by Crippen LogP contribution is -2.48. The molecule has 0 aromatic heterocycles. The van der Waals surface area contributed by atoms with Crippen LogP contribution in [0.5, 0.6) is 5.75 Å². The minimum Gasteiger partial charge on any atom is -0.491 e. The van der Waals surface area contributed by atoms with Crippen LogP contribution in [-0.4, -0.2) is 65.3 Å². The molecule has 1 fully saturated rings. The third-order valence-corrected chi connectivity index (χ3v) is 7.85. The van der Waals surface area contributed by atoms with E-state index in [1.807, 2.05) is 6.07 Å². The van der Waals surface area contributed by atoms with Gasteiger partial charge in [-0.25, -0.2) is 13.8 Å². The second kappa shape index (κ2) is 10.1. The number of piperidine rings is 1. The lowest BCUT2D eigenvalue weighted by molar-refractivity contribution is 0.0546. The van der Waals surface area contributed by atoms with Gasteiger partial charge in [0.2, 0.25) is 5.55 Å². The molecule has 2 atom stereocenters. The van der Waals surface area contributed by atoms with E-state index in [0.717, 1.165) is 49.5 Å². The maximum Gasteiger partial charge on any atom is 0.231 e. The summed E-state index contributed by atoms with van der Waals surface area (Å²) in [4.78, 5) is 6.88. The Labute approximate surface area is 184 Å². The fourth-order valence-corrected chi connectivity index (χ4v) is 5.83. The van der Waals surface area contributed by atoms with Gasteiger partial charge in [-0.2, -0.15) is 0 Å². The molecular formula is C23H28F2N3O2S+. The molecule has 2 aromatic carbocycles. The summed E-state index contributed by atoms with van der Waals surface area (Å²) in [6, 6.07) is 12.2. The van der Waals surface area contributed by atoms with Crippen molar-refractivity contribution in [2.24, 2.45) is 4.99 Å². The first-order valence-corrected chi connectivity index (χ1v) is 11.9. The van der Waals surface area contributed by atoms with E-state index in [1.165, 1.54) is 11.6 Å². The minimum atomic E-state index is -0.953. The predicted molar refractivity (Wildman–Crippen MR) is 121 cm³/mol. The molecule has 8 heteroatoms. The smallest absolute Gasteiger partial charge is 0.231 e.